The van der Waals surface area contributed by atoms with Crippen LogP contribution in [0.2, 0.25) is 0 Å². The Labute approximate surface area is 177 Å². The number of aromatic nitrogens is 1. The van der Waals surface area contributed by atoms with Gasteiger partial charge in [-0.25, -0.2) is 0 Å². The maximum Gasteiger partial charge on any atom is 0.248 e. The van der Waals surface area contributed by atoms with Crippen molar-refractivity contribution in [2.45, 2.75) is 25.3 Å². The molecule has 0 spiro atoms. The van der Waals surface area contributed by atoms with Crippen LogP contribution in [0.3, 0.4) is 0 Å². The summed E-state index contributed by atoms with van der Waals surface area (Å²) in [4.78, 5) is 14.1. The number of hydrogen-bond donors (Lipinski definition) is 1. The van der Waals surface area contributed by atoms with Crippen LogP contribution < -0.4 is 15.2 Å². The highest BCUT2D eigenvalue weighted by molar-refractivity contribution is 5.97. The van der Waals surface area contributed by atoms with E-state index in [1.807, 2.05) is 24.3 Å². The molecule has 1 amide bonds. The molecule has 2 aromatic carbocycles. The van der Waals surface area contributed by atoms with E-state index in [1.165, 1.54) is 5.56 Å². The highest BCUT2D eigenvalue weighted by Crippen LogP contribution is 2.29. The van der Waals surface area contributed by atoms with Gasteiger partial charge in [-0.2, -0.15) is 0 Å². The molecule has 2 N–H and O–H groups in total. The van der Waals surface area contributed by atoms with Crippen LogP contribution in [0.25, 0.3) is 10.9 Å². The van der Waals surface area contributed by atoms with E-state index in [9.17, 15) is 4.79 Å². The van der Waals surface area contributed by atoms with Crippen LogP contribution in [0.4, 0.5) is 0 Å². The third kappa shape index (κ3) is 4.14. The average Bonchev–Trinajstić information content (AvgIpc) is 3.21. The van der Waals surface area contributed by atoms with Crippen molar-refractivity contribution < 1.29 is 14.3 Å². The van der Waals surface area contributed by atoms with E-state index < -0.39 is 0 Å². The molecule has 0 saturated carbocycles. The summed E-state index contributed by atoms with van der Waals surface area (Å²) in [6.45, 7) is 3.12. The molecule has 0 atom stereocenters. The van der Waals surface area contributed by atoms with Gasteiger partial charge in [-0.05, 0) is 54.5 Å². The maximum atomic E-state index is 11.6. The summed E-state index contributed by atoms with van der Waals surface area (Å²) in [7, 11) is 3.37. The van der Waals surface area contributed by atoms with E-state index in [0.29, 0.717) is 11.6 Å². The molecule has 30 heavy (non-hydrogen) atoms. The van der Waals surface area contributed by atoms with Gasteiger partial charge >= 0.3 is 0 Å². The fraction of sp³-hybridized carbons (Fsp3) is 0.375. The minimum atomic E-state index is -0.381. The summed E-state index contributed by atoms with van der Waals surface area (Å²) in [5.41, 5.74) is 8.33. The number of fused-ring (bicyclic) bond motifs is 1. The molecule has 2 heterocycles. The Kier molecular flexibility index (Phi) is 5.95. The molecule has 158 valence electrons. The predicted octanol–water partition coefficient (Wildman–Crippen LogP) is 3.64. The van der Waals surface area contributed by atoms with Crippen molar-refractivity contribution in [3.63, 3.8) is 0 Å². The van der Waals surface area contributed by atoms with E-state index in [-0.39, 0.29) is 5.91 Å². The molecule has 1 saturated heterocycles. The number of rotatable bonds is 7. The van der Waals surface area contributed by atoms with Gasteiger partial charge < -0.3 is 24.7 Å². The number of piperidine rings is 1. The molecule has 1 aliphatic heterocycles. The minimum absolute atomic E-state index is 0.381. The first kappa shape index (κ1) is 20.3. The summed E-state index contributed by atoms with van der Waals surface area (Å²) in [6.07, 6.45) is 5.26. The van der Waals surface area contributed by atoms with Gasteiger partial charge in [-0.3, -0.25) is 4.79 Å². The SMILES string of the molecule is COc1ccc(CCN2CCC(n3ccc4ccc(C(N)=O)cc43)CC2)c(OC)c1. The number of primary amides is 1. The smallest absolute Gasteiger partial charge is 0.248 e. The van der Waals surface area contributed by atoms with Crippen molar-refractivity contribution in [2.24, 2.45) is 5.73 Å². The monoisotopic (exact) mass is 407 g/mol. The lowest BCUT2D eigenvalue weighted by atomic mass is 10.0. The van der Waals surface area contributed by atoms with Crippen LogP contribution in [0.15, 0.2) is 48.7 Å². The van der Waals surface area contributed by atoms with E-state index in [1.54, 1.807) is 20.3 Å². The standard InChI is InChI=1S/C24H29N3O3/c1-29-21-6-5-18(23(16-21)30-2)7-11-26-12-9-20(10-13-26)27-14-8-17-3-4-19(24(25)28)15-22(17)27/h3-6,8,14-16,20H,7,9-13H2,1-2H3,(H2,25,28). The van der Waals surface area contributed by atoms with E-state index >= 15 is 0 Å². The van der Waals surface area contributed by atoms with Crippen LogP contribution >= 0.6 is 0 Å². The van der Waals surface area contributed by atoms with Gasteiger partial charge in [0, 0.05) is 49.0 Å². The van der Waals surface area contributed by atoms with Gasteiger partial charge in [0.1, 0.15) is 11.5 Å². The Morgan fingerprint density at radius 1 is 1.07 bits per heavy atom. The van der Waals surface area contributed by atoms with Crippen molar-refractivity contribution in [3.05, 3.63) is 59.8 Å². The number of likely N-dealkylation sites (tertiary alicyclic amines) is 1. The van der Waals surface area contributed by atoms with Crippen LogP contribution in [-0.2, 0) is 6.42 Å². The third-order valence-electron chi connectivity index (χ3n) is 6.15. The third-order valence-corrected chi connectivity index (χ3v) is 6.15. The van der Waals surface area contributed by atoms with Gasteiger partial charge in [-0.15, -0.1) is 0 Å². The molecule has 1 aromatic heterocycles. The summed E-state index contributed by atoms with van der Waals surface area (Å²) in [5.74, 6) is 1.32. The Morgan fingerprint density at radius 2 is 1.87 bits per heavy atom. The Hall–Kier alpha value is -2.99. The number of amides is 1. The second-order valence-corrected chi connectivity index (χ2v) is 7.86. The first-order valence-electron chi connectivity index (χ1n) is 10.4. The maximum absolute atomic E-state index is 11.6. The number of carbonyl (C=O) groups is 1. The zero-order chi connectivity index (χ0) is 21.1. The first-order chi connectivity index (χ1) is 14.6. The number of ether oxygens (including phenoxy) is 2. The first-order valence-corrected chi connectivity index (χ1v) is 10.4. The number of hydrogen-bond acceptors (Lipinski definition) is 4. The molecule has 1 aliphatic rings. The van der Waals surface area contributed by atoms with E-state index in [4.69, 9.17) is 15.2 Å². The van der Waals surface area contributed by atoms with Crippen molar-refractivity contribution in [1.29, 1.82) is 0 Å². The number of methoxy groups -OCH3 is 2. The lowest BCUT2D eigenvalue weighted by molar-refractivity contribution is 0.100. The largest absolute Gasteiger partial charge is 0.497 e. The van der Waals surface area contributed by atoms with Crippen molar-refractivity contribution >= 4 is 16.8 Å². The number of nitrogens with two attached hydrogens (primary N) is 1. The zero-order valence-electron chi connectivity index (χ0n) is 17.6. The van der Waals surface area contributed by atoms with E-state index in [0.717, 1.165) is 61.3 Å². The molecule has 0 radical (unpaired) electrons. The van der Waals surface area contributed by atoms with Crippen molar-refractivity contribution in [2.75, 3.05) is 33.9 Å². The van der Waals surface area contributed by atoms with Crippen LogP contribution in [0.5, 0.6) is 11.5 Å². The Morgan fingerprint density at radius 3 is 2.57 bits per heavy atom. The molecule has 4 rings (SSSR count). The minimum Gasteiger partial charge on any atom is -0.497 e. The molecule has 0 unspecified atom stereocenters. The second-order valence-electron chi connectivity index (χ2n) is 7.86. The lowest BCUT2D eigenvalue weighted by Gasteiger charge is -2.33. The fourth-order valence-electron chi connectivity index (χ4n) is 4.38. The molecule has 6 heteroatoms. The van der Waals surface area contributed by atoms with Gasteiger partial charge in [0.05, 0.1) is 14.2 Å². The summed E-state index contributed by atoms with van der Waals surface area (Å²) >= 11 is 0. The quantitative estimate of drug-likeness (QED) is 0.649. The molecule has 1 fully saturated rings. The van der Waals surface area contributed by atoms with Crippen molar-refractivity contribution in [1.82, 2.24) is 9.47 Å². The van der Waals surface area contributed by atoms with Gasteiger partial charge in [0.25, 0.3) is 0 Å². The van der Waals surface area contributed by atoms with Gasteiger partial charge in [0.2, 0.25) is 5.91 Å². The molecule has 0 aliphatic carbocycles. The molecular formula is C24H29N3O3. The average molecular weight is 408 g/mol. The van der Waals surface area contributed by atoms with Crippen LogP contribution in [-0.4, -0.2) is 49.2 Å². The predicted molar refractivity (Wildman–Crippen MR) is 118 cm³/mol. The van der Waals surface area contributed by atoms with Crippen LogP contribution in [0.1, 0.15) is 34.8 Å². The Balaban J connectivity index is 1.38. The molecule has 0 bridgehead atoms. The summed E-state index contributed by atoms with van der Waals surface area (Å²) in [6, 6.07) is 14.3. The number of carbonyl (C=O) groups excluding carboxylic acids is 1. The topological polar surface area (TPSA) is 69.7 Å². The number of nitrogens with zero attached hydrogens (tertiary/aromatic N) is 2. The summed E-state index contributed by atoms with van der Waals surface area (Å²) < 4.78 is 13.1. The normalized spacial score (nSPS) is 15.4. The fourth-order valence-corrected chi connectivity index (χ4v) is 4.38. The van der Waals surface area contributed by atoms with E-state index in [2.05, 4.69) is 27.8 Å². The van der Waals surface area contributed by atoms with Gasteiger partial charge in [0.15, 0.2) is 0 Å². The van der Waals surface area contributed by atoms with Gasteiger partial charge in [-0.1, -0.05) is 12.1 Å². The highest BCUT2D eigenvalue weighted by atomic mass is 16.5. The molecular weight excluding hydrogens is 378 g/mol. The second kappa shape index (κ2) is 8.79. The number of benzene rings is 2. The molecule has 3 aromatic rings. The summed E-state index contributed by atoms with van der Waals surface area (Å²) in [5, 5.41) is 1.15. The van der Waals surface area contributed by atoms with Crippen molar-refractivity contribution in [3.8, 4) is 11.5 Å². The van der Waals surface area contributed by atoms with Crippen LogP contribution in [0, 0.1) is 0 Å². The molecule has 6 nitrogen and oxygen atoms in total. The highest BCUT2D eigenvalue weighted by Gasteiger charge is 2.22. The Bertz CT molecular complexity index is 1040. The lowest BCUT2D eigenvalue weighted by Crippen LogP contribution is -2.35. The zero-order valence-corrected chi connectivity index (χ0v) is 17.6.